The molecule has 0 aliphatic carbocycles. The van der Waals surface area contributed by atoms with Gasteiger partial charge in [-0.25, -0.2) is 0 Å². The molecule has 2 saturated heterocycles. The highest BCUT2D eigenvalue weighted by Crippen LogP contribution is 2.26. The molecule has 0 bridgehead atoms. The summed E-state index contributed by atoms with van der Waals surface area (Å²) in [5, 5.41) is 3.26. The van der Waals surface area contributed by atoms with Gasteiger partial charge in [0.15, 0.2) is 0 Å². The number of likely N-dealkylation sites (tertiary alicyclic amines) is 2. The van der Waals surface area contributed by atoms with Crippen LogP contribution in [0.5, 0.6) is 0 Å². The minimum absolute atomic E-state index is 0.0377. The summed E-state index contributed by atoms with van der Waals surface area (Å²) in [6, 6.07) is 9.57. The van der Waals surface area contributed by atoms with Gasteiger partial charge in [-0.2, -0.15) is 0 Å². The second-order valence-electron chi connectivity index (χ2n) is 9.08. The van der Waals surface area contributed by atoms with Crippen LogP contribution in [0.15, 0.2) is 30.3 Å². The van der Waals surface area contributed by atoms with Gasteiger partial charge in [0, 0.05) is 32.2 Å². The highest BCUT2D eigenvalue weighted by Gasteiger charge is 2.26. The largest absolute Gasteiger partial charge is 0.342 e. The number of nitrogens with two attached hydrogens (primary N) is 2. The fraction of sp³-hybridized carbons (Fsp3) is 0.677. The van der Waals surface area contributed by atoms with Crippen molar-refractivity contribution in [2.75, 3.05) is 39.8 Å². The van der Waals surface area contributed by atoms with Crippen LogP contribution in [0.4, 0.5) is 0 Å². The van der Waals surface area contributed by atoms with Gasteiger partial charge in [-0.15, -0.1) is 12.8 Å². The molecular weight excluding hydrogens is 474 g/mol. The standard InChI is InChI=1S/C14H21N3O.C11H22N2O.2C2H6.C2H2/c1-16-12-7-9-17(10-8-12)14(18)13(15)11-5-3-2-4-6-11;1-3-9(2)10-4-6-13(7-5-10)11(14)8-12;3*1-2/h2-6,12-13,16H,7-10,15H2,1H3;9-10H,3-8,12H2,1-2H3;2*1-2H3;1-2H/t13-;9-;;;/m10.../s1. The number of carbonyl (C=O) groups excluding carboxylic acids is 2. The molecule has 0 saturated carbocycles. The number of nitrogens with one attached hydrogen (secondary N) is 1. The number of terminal acetylenes is 1. The van der Waals surface area contributed by atoms with E-state index in [2.05, 4.69) is 32.0 Å². The van der Waals surface area contributed by atoms with Crippen molar-refractivity contribution in [3.8, 4) is 12.8 Å². The Labute approximate surface area is 234 Å². The summed E-state index contributed by atoms with van der Waals surface area (Å²) in [5.41, 5.74) is 12.2. The zero-order chi connectivity index (χ0) is 29.5. The molecule has 38 heavy (non-hydrogen) atoms. The van der Waals surface area contributed by atoms with Crippen molar-refractivity contribution in [1.82, 2.24) is 15.1 Å². The van der Waals surface area contributed by atoms with Crippen molar-refractivity contribution >= 4 is 11.8 Å². The van der Waals surface area contributed by atoms with Gasteiger partial charge in [-0.3, -0.25) is 9.59 Å². The third-order valence-corrected chi connectivity index (χ3v) is 7.16. The average molecular weight is 532 g/mol. The first kappa shape index (κ1) is 37.8. The number of nitrogens with zero attached hydrogens (tertiary/aromatic N) is 2. The highest BCUT2D eigenvalue weighted by atomic mass is 16.2. The van der Waals surface area contributed by atoms with Crippen molar-refractivity contribution in [1.29, 1.82) is 0 Å². The molecule has 2 amide bonds. The van der Waals surface area contributed by atoms with Crippen molar-refractivity contribution < 1.29 is 9.59 Å². The number of benzene rings is 1. The van der Waals surface area contributed by atoms with Crippen LogP contribution in [0.25, 0.3) is 0 Å². The van der Waals surface area contributed by atoms with E-state index in [0.717, 1.165) is 69.3 Å². The van der Waals surface area contributed by atoms with Crippen LogP contribution >= 0.6 is 0 Å². The Balaban J connectivity index is 0. The van der Waals surface area contributed by atoms with Gasteiger partial charge < -0.3 is 26.6 Å². The lowest BCUT2D eigenvalue weighted by molar-refractivity contribution is -0.134. The van der Waals surface area contributed by atoms with Crippen LogP contribution in [0.1, 0.15) is 85.3 Å². The summed E-state index contributed by atoms with van der Waals surface area (Å²) >= 11 is 0. The summed E-state index contributed by atoms with van der Waals surface area (Å²) in [7, 11) is 1.97. The second-order valence-corrected chi connectivity index (χ2v) is 9.08. The van der Waals surface area contributed by atoms with E-state index in [4.69, 9.17) is 11.5 Å². The molecule has 5 N–H and O–H groups in total. The van der Waals surface area contributed by atoms with Crippen molar-refractivity contribution in [2.45, 2.75) is 85.7 Å². The van der Waals surface area contributed by atoms with Gasteiger partial charge in [0.1, 0.15) is 6.04 Å². The van der Waals surface area contributed by atoms with Crippen LogP contribution in [-0.4, -0.2) is 67.4 Å². The Morgan fingerprint density at radius 2 is 1.42 bits per heavy atom. The van der Waals surface area contributed by atoms with E-state index in [0.29, 0.717) is 6.04 Å². The fourth-order valence-electron chi connectivity index (χ4n) is 4.57. The first-order valence-electron chi connectivity index (χ1n) is 14.5. The molecule has 218 valence electrons. The predicted octanol–water partition coefficient (Wildman–Crippen LogP) is 4.43. The number of rotatable bonds is 6. The van der Waals surface area contributed by atoms with Crippen molar-refractivity contribution in [3.05, 3.63) is 35.9 Å². The average Bonchev–Trinajstić information content (AvgIpc) is 3.03. The Hall–Kier alpha value is -2.40. The lowest BCUT2D eigenvalue weighted by Gasteiger charge is -2.34. The molecule has 2 atom stereocenters. The third-order valence-electron chi connectivity index (χ3n) is 7.16. The molecule has 7 nitrogen and oxygen atoms in total. The minimum atomic E-state index is -0.530. The molecule has 1 aromatic carbocycles. The summed E-state index contributed by atoms with van der Waals surface area (Å²) in [5.74, 6) is 1.75. The molecule has 2 aliphatic rings. The molecule has 3 rings (SSSR count). The van der Waals surface area contributed by atoms with Crippen LogP contribution in [-0.2, 0) is 9.59 Å². The lowest BCUT2D eigenvalue weighted by atomic mass is 9.84. The maximum Gasteiger partial charge on any atom is 0.244 e. The molecule has 0 radical (unpaired) electrons. The Kier molecular flexibility index (Phi) is 23.5. The molecule has 2 fully saturated rings. The van der Waals surface area contributed by atoms with Gasteiger partial charge in [0.25, 0.3) is 0 Å². The van der Waals surface area contributed by atoms with Crippen LogP contribution in [0.3, 0.4) is 0 Å². The smallest absolute Gasteiger partial charge is 0.244 e. The zero-order valence-electron chi connectivity index (χ0n) is 25.3. The van der Waals surface area contributed by atoms with E-state index < -0.39 is 6.04 Å². The molecular formula is C31H57N5O2. The number of amides is 2. The van der Waals surface area contributed by atoms with E-state index >= 15 is 0 Å². The second kappa shape index (κ2) is 23.7. The van der Waals surface area contributed by atoms with E-state index in [1.54, 1.807) is 0 Å². The summed E-state index contributed by atoms with van der Waals surface area (Å²) in [6.07, 6.45) is 13.6. The van der Waals surface area contributed by atoms with Gasteiger partial charge >= 0.3 is 0 Å². The first-order chi connectivity index (χ1) is 18.4. The van der Waals surface area contributed by atoms with Gasteiger partial charge in [-0.05, 0) is 50.1 Å². The van der Waals surface area contributed by atoms with Gasteiger partial charge in [0.2, 0.25) is 11.8 Å². The Morgan fingerprint density at radius 3 is 1.84 bits per heavy atom. The Morgan fingerprint density at radius 1 is 0.947 bits per heavy atom. The minimum Gasteiger partial charge on any atom is -0.342 e. The fourth-order valence-corrected chi connectivity index (χ4v) is 4.57. The number of hydrogen-bond acceptors (Lipinski definition) is 5. The number of hydrogen-bond donors (Lipinski definition) is 3. The molecule has 7 heteroatoms. The summed E-state index contributed by atoms with van der Waals surface area (Å²) in [6.45, 7) is 16.1. The maximum absolute atomic E-state index is 12.3. The zero-order valence-corrected chi connectivity index (χ0v) is 25.3. The SMILES string of the molecule is C#C.CC.CC.CC[C@H](C)C1CCN(C(=O)CN)CC1.CNC1CCN(C(=O)[C@H](N)c2ccccc2)CC1. The molecule has 2 aliphatic heterocycles. The van der Waals surface area contributed by atoms with E-state index in [1.807, 2.05) is 74.9 Å². The normalized spacial score (nSPS) is 16.9. The lowest BCUT2D eigenvalue weighted by Crippen LogP contribution is -2.46. The first-order valence-corrected chi connectivity index (χ1v) is 14.5. The van der Waals surface area contributed by atoms with Crippen LogP contribution < -0.4 is 16.8 Å². The monoisotopic (exact) mass is 531 g/mol. The van der Waals surface area contributed by atoms with E-state index in [-0.39, 0.29) is 18.4 Å². The molecule has 1 aromatic rings. The number of carbonyl (C=O) groups is 2. The number of piperidine rings is 2. The topological polar surface area (TPSA) is 105 Å². The third kappa shape index (κ3) is 13.4. The Bertz CT molecular complexity index is 724. The summed E-state index contributed by atoms with van der Waals surface area (Å²) in [4.78, 5) is 27.4. The molecule has 0 spiro atoms. The predicted molar refractivity (Wildman–Crippen MR) is 162 cm³/mol. The quantitative estimate of drug-likeness (QED) is 0.471. The van der Waals surface area contributed by atoms with Crippen molar-refractivity contribution in [3.63, 3.8) is 0 Å². The molecule has 2 heterocycles. The maximum atomic E-state index is 12.3. The van der Waals surface area contributed by atoms with Gasteiger partial charge in [0.05, 0.1) is 6.54 Å². The van der Waals surface area contributed by atoms with Gasteiger partial charge in [-0.1, -0.05) is 78.3 Å². The van der Waals surface area contributed by atoms with E-state index in [9.17, 15) is 9.59 Å². The highest BCUT2D eigenvalue weighted by molar-refractivity contribution is 5.83. The van der Waals surface area contributed by atoms with Crippen molar-refractivity contribution in [2.24, 2.45) is 23.3 Å². The van der Waals surface area contributed by atoms with E-state index in [1.165, 1.54) is 6.42 Å². The van der Waals surface area contributed by atoms with Crippen LogP contribution in [0.2, 0.25) is 0 Å². The molecule has 0 unspecified atom stereocenters. The molecule has 0 aromatic heterocycles. The summed E-state index contributed by atoms with van der Waals surface area (Å²) < 4.78 is 0. The van der Waals surface area contributed by atoms with Crippen LogP contribution in [0, 0.1) is 24.7 Å².